The van der Waals surface area contributed by atoms with E-state index in [9.17, 15) is 9.59 Å². The van der Waals surface area contributed by atoms with Crippen LogP contribution in [0, 0.1) is 0 Å². The lowest BCUT2D eigenvalue weighted by Gasteiger charge is -2.10. The maximum atomic E-state index is 12.3. The molecule has 2 heterocycles. The van der Waals surface area contributed by atoms with Crippen LogP contribution in [0.25, 0.3) is 10.8 Å². The first-order valence-electron chi connectivity index (χ1n) is 8.82. The average molecular weight is 406 g/mol. The first-order chi connectivity index (χ1) is 14.1. The van der Waals surface area contributed by atoms with E-state index in [-0.39, 0.29) is 5.56 Å². The quantitative estimate of drug-likeness (QED) is 0.473. The number of pyridine rings is 1. The van der Waals surface area contributed by atoms with Crippen molar-refractivity contribution in [1.82, 2.24) is 15.2 Å². The number of carbonyl (C=O) groups is 1. The molecule has 0 saturated carbocycles. The Morgan fingerprint density at radius 3 is 2.55 bits per heavy atom. The molecule has 4 aromatic rings. The highest BCUT2D eigenvalue weighted by Crippen LogP contribution is 2.21. The summed E-state index contributed by atoms with van der Waals surface area (Å²) < 4.78 is 0. The summed E-state index contributed by atoms with van der Waals surface area (Å²) in [6.45, 7) is 0. The number of nitrogens with one attached hydrogen (secondary N) is 3. The highest BCUT2D eigenvalue weighted by molar-refractivity contribution is 6.30. The van der Waals surface area contributed by atoms with Gasteiger partial charge in [-0.3, -0.25) is 9.78 Å². The van der Waals surface area contributed by atoms with Gasteiger partial charge in [0.2, 0.25) is 0 Å². The number of hydrogen-bond donors (Lipinski definition) is 3. The van der Waals surface area contributed by atoms with Crippen molar-refractivity contribution in [2.45, 2.75) is 6.42 Å². The molecule has 29 heavy (non-hydrogen) atoms. The van der Waals surface area contributed by atoms with E-state index in [1.54, 1.807) is 42.7 Å². The molecule has 8 heteroatoms. The van der Waals surface area contributed by atoms with Crippen LogP contribution in [0.15, 0.2) is 71.8 Å². The Labute approximate surface area is 170 Å². The Morgan fingerprint density at radius 2 is 1.79 bits per heavy atom. The topological polar surface area (TPSA) is 99.8 Å². The van der Waals surface area contributed by atoms with Gasteiger partial charge >= 0.3 is 6.03 Å². The third-order valence-corrected chi connectivity index (χ3v) is 4.58. The van der Waals surface area contributed by atoms with Gasteiger partial charge in [0.15, 0.2) is 0 Å². The molecule has 0 unspecified atom stereocenters. The van der Waals surface area contributed by atoms with Gasteiger partial charge in [-0.15, -0.1) is 0 Å². The summed E-state index contributed by atoms with van der Waals surface area (Å²) in [7, 11) is 0. The van der Waals surface area contributed by atoms with Crippen molar-refractivity contribution < 1.29 is 4.79 Å². The number of nitrogens with zero attached hydrogens (tertiary/aromatic N) is 2. The van der Waals surface area contributed by atoms with Gasteiger partial charge in [0.25, 0.3) is 5.56 Å². The minimum Gasteiger partial charge on any atom is -0.308 e. The van der Waals surface area contributed by atoms with Crippen LogP contribution in [0.2, 0.25) is 5.02 Å². The summed E-state index contributed by atoms with van der Waals surface area (Å²) >= 11 is 5.93. The van der Waals surface area contributed by atoms with Gasteiger partial charge in [0.05, 0.1) is 23.0 Å². The van der Waals surface area contributed by atoms with Gasteiger partial charge in [0, 0.05) is 28.7 Å². The molecule has 0 bridgehead atoms. The number of fused-ring (bicyclic) bond motifs is 1. The number of benzene rings is 2. The Morgan fingerprint density at radius 1 is 1.00 bits per heavy atom. The van der Waals surface area contributed by atoms with Gasteiger partial charge in [-0.1, -0.05) is 29.8 Å². The molecule has 0 aliphatic heterocycles. The minimum atomic E-state index is -0.427. The number of urea groups is 1. The van der Waals surface area contributed by atoms with Crippen LogP contribution in [0.4, 0.5) is 16.2 Å². The number of aromatic amines is 1. The van der Waals surface area contributed by atoms with E-state index in [4.69, 9.17) is 11.6 Å². The molecule has 0 atom stereocenters. The Hall–Kier alpha value is -3.71. The minimum absolute atomic E-state index is 0.323. The number of hydrogen-bond acceptors (Lipinski definition) is 4. The van der Waals surface area contributed by atoms with Crippen LogP contribution >= 0.6 is 11.6 Å². The fourth-order valence-electron chi connectivity index (χ4n) is 2.96. The zero-order chi connectivity index (χ0) is 20.2. The van der Waals surface area contributed by atoms with Crippen molar-refractivity contribution in [1.29, 1.82) is 0 Å². The second-order valence-corrected chi connectivity index (χ2v) is 6.82. The molecule has 2 aromatic carbocycles. The van der Waals surface area contributed by atoms with Crippen molar-refractivity contribution in [3.63, 3.8) is 0 Å². The predicted molar refractivity (Wildman–Crippen MR) is 114 cm³/mol. The Kier molecular flexibility index (Phi) is 5.22. The lowest BCUT2D eigenvalue weighted by molar-refractivity contribution is 0.262. The molecule has 0 aliphatic carbocycles. The van der Waals surface area contributed by atoms with E-state index in [0.717, 1.165) is 16.6 Å². The summed E-state index contributed by atoms with van der Waals surface area (Å²) in [4.78, 5) is 28.4. The highest BCUT2D eigenvalue weighted by Gasteiger charge is 2.10. The summed E-state index contributed by atoms with van der Waals surface area (Å²) in [5, 5.41) is 14.0. The predicted octanol–water partition coefficient (Wildman–Crippen LogP) is 4.21. The number of anilines is 2. The van der Waals surface area contributed by atoms with E-state index < -0.39 is 6.03 Å². The van der Waals surface area contributed by atoms with E-state index >= 15 is 0 Å². The van der Waals surface area contributed by atoms with Gasteiger partial charge in [-0.2, -0.15) is 5.10 Å². The monoisotopic (exact) mass is 405 g/mol. The average Bonchev–Trinajstić information content (AvgIpc) is 2.72. The van der Waals surface area contributed by atoms with Crippen LogP contribution in [-0.4, -0.2) is 21.2 Å². The molecule has 0 spiro atoms. The van der Waals surface area contributed by atoms with Crippen molar-refractivity contribution in [2.75, 3.05) is 10.6 Å². The third kappa shape index (κ3) is 4.41. The molecule has 0 saturated heterocycles. The van der Waals surface area contributed by atoms with Gasteiger partial charge in [0.1, 0.15) is 0 Å². The first kappa shape index (κ1) is 18.6. The fourth-order valence-corrected chi connectivity index (χ4v) is 3.09. The van der Waals surface area contributed by atoms with Gasteiger partial charge in [-0.25, -0.2) is 9.89 Å². The third-order valence-electron chi connectivity index (χ3n) is 4.33. The van der Waals surface area contributed by atoms with Crippen LogP contribution in [-0.2, 0) is 6.42 Å². The molecule has 144 valence electrons. The normalized spacial score (nSPS) is 10.7. The van der Waals surface area contributed by atoms with Crippen LogP contribution in [0.1, 0.15) is 11.3 Å². The molecule has 2 aromatic heterocycles. The van der Waals surface area contributed by atoms with E-state index in [2.05, 4.69) is 25.8 Å². The summed E-state index contributed by atoms with van der Waals surface area (Å²) in [5.74, 6) is 0. The number of halogens is 1. The lowest BCUT2D eigenvalue weighted by atomic mass is 10.0. The highest BCUT2D eigenvalue weighted by atomic mass is 35.5. The van der Waals surface area contributed by atoms with Crippen LogP contribution < -0.4 is 16.2 Å². The Balaban J connectivity index is 1.58. The SMILES string of the molecule is O=C(Nc1cccnc1)Nc1ccc2c(Cc3ccc(Cl)cc3)n[nH]c(=O)c2c1. The molecule has 2 amide bonds. The molecule has 7 nitrogen and oxygen atoms in total. The van der Waals surface area contributed by atoms with Gasteiger partial charge < -0.3 is 10.6 Å². The van der Waals surface area contributed by atoms with Gasteiger partial charge in [-0.05, 0) is 42.0 Å². The second kappa shape index (κ2) is 8.12. The van der Waals surface area contributed by atoms with Crippen molar-refractivity contribution in [3.8, 4) is 0 Å². The smallest absolute Gasteiger partial charge is 0.308 e. The van der Waals surface area contributed by atoms with Crippen molar-refractivity contribution in [2.24, 2.45) is 0 Å². The number of H-pyrrole nitrogens is 1. The van der Waals surface area contributed by atoms with Crippen molar-refractivity contribution in [3.05, 3.63) is 93.6 Å². The summed E-state index contributed by atoms with van der Waals surface area (Å²) in [6, 6.07) is 15.6. The maximum Gasteiger partial charge on any atom is 0.323 e. The second-order valence-electron chi connectivity index (χ2n) is 6.38. The largest absolute Gasteiger partial charge is 0.323 e. The first-order valence-corrected chi connectivity index (χ1v) is 9.20. The number of carbonyl (C=O) groups excluding carboxylic acids is 1. The maximum absolute atomic E-state index is 12.3. The standard InChI is InChI=1S/C21H16ClN5O2/c22-14-5-3-13(4-6-14)10-19-17-8-7-15(11-18(17)20(28)27-26-19)24-21(29)25-16-2-1-9-23-12-16/h1-9,11-12H,10H2,(H,27,28)(H2,24,25,29). The van der Waals surface area contributed by atoms with E-state index in [1.165, 1.54) is 0 Å². The molecule has 0 radical (unpaired) electrons. The molecular weight excluding hydrogens is 390 g/mol. The molecule has 3 N–H and O–H groups in total. The van der Waals surface area contributed by atoms with Crippen LogP contribution in [0.3, 0.4) is 0 Å². The molecule has 0 aliphatic rings. The summed E-state index contributed by atoms with van der Waals surface area (Å²) in [6.07, 6.45) is 3.70. The zero-order valence-corrected chi connectivity index (χ0v) is 15.9. The van der Waals surface area contributed by atoms with E-state index in [0.29, 0.717) is 28.2 Å². The number of aromatic nitrogens is 3. The molecular formula is C21H16ClN5O2. The molecule has 4 rings (SSSR count). The van der Waals surface area contributed by atoms with Crippen molar-refractivity contribution >= 4 is 39.8 Å². The fraction of sp³-hybridized carbons (Fsp3) is 0.0476. The Bertz CT molecular complexity index is 1220. The van der Waals surface area contributed by atoms with E-state index in [1.807, 2.05) is 24.3 Å². The zero-order valence-electron chi connectivity index (χ0n) is 15.1. The number of rotatable bonds is 4. The molecule has 0 fully saturated rings. The summed E-state index contributed by atoms with van der Waals surface area (Å²) in [5.41, 5.74) is 2.49. The number of amides is 2. The lowest BCUT2D eigenvalue weighted by Crippen LogP contribution is -2.20. The van der Waals surface area contributed by atoms with Crippen LogP contribution in [0.5, 0.6) is 0 Å².